The van der Waals surface area contributed by atoms with E-state index in [0.29, 0.717) is 0 Å². The Kier molecular flexibility index (Phi) is 6.18. The van der Waals surface area contributed by atoms with Gasteiger partial charge in [0.1, 0.15) is 16.7 Å². The predicted octanol–water partition coefficient (Wildman–Crippen LogP) is 13.4. The molecule has 0 radical (unpaired) electrons. The summed E-state index contributed by atoms with van der Waals surface area (Å²) < 4.78 is 13.3. The highest BCUT2D eigenvalue weighted by molar-refractivity contribution is 6.14. The predicted molar refractivity (Wildman–Crippen MR) is 204 cm³/mol. The van der Waals surface area contributed by atoms with Crippen LogP contribution in [0.5, 0.6) is 0 Å². The molecule has 0 atom stereocenters. The topological polar surface area (TPSA) is 29.5 Å². The Balaban J connectivity index is 1.17. The Morgan fingerprint density at radius 1 is 0.347 bits per heavy atom. The Labute approximate surface area is 282 Å². The van der Waals surface area contributed by atoms with Crippen LogP contribution < -0.4 is 4.90 Å². The number of hydrogen-bond acceptors (Lipinski definition) is 3. The highest BCUT2D eigenvalue weighted by atomic mass is 16.3. The first-order chi connectivity index (χ1) is 24.3. The van der Waals surface area contributed by atoms with Crippen molar-refractivity contribution in [3.05, 3.63) is 176 Å². The van der Waals surface area contributed by atoms with Gasteiger partial charge in [-0.2, -0.15) is 0 Å². The maximum Gasteiger partial charge on any atom is 0.159 e. The SMILES string of the molecule is c1ccc(-c2cccc3c2oc2c(N(c4ccc(-c5cccc6c5oc5ccccc56)cc4)c4ccc5ccccc5c4)cccc23)cc1. The molecule has 2 heterocycles. The first kappa shape index (κ1) is 27.5. The van der Waals surface area contributed by atoms with Crippen molar-refractivity contribution in [1.29, 1.82) is 0 Å². The normalized spacial score (nSPS) is 11.7. The number of rotatable bonds is 5. The molecular weight excluding hydrogens is 599 g/mol. The number of para-hydroxylation sites is 4. The summed E-state index contributed by atoms with van der Waals surface area (Å²) in [6.07, 6.45) is 0. The smallest absolute Gasteiger partial charge is 0.159 e. The summed E-state index contributed by atoms with van der Waals surface area (Å²) >= 11 is 0. The number of nitrogens with zero attached hydrogens (tertiary/aromatic N) is 1. The minimum Gasteiger partial charge on any atom is -0.455 e. The lowest BCUT2D eigenvalue weighted by molar-refractivity contribution is 0.670. The first-order valence-electron chi connectivity index (χ1n) is 16.6. The fourth-order valence-electron chi connectivity index (χ4n) is 7.33. The van der Waals surface area contributed by atoms with Crippen molar-refractivity contribution in [2.45, 2.75) is 0 Å². The second-order valence-corrected chi connectivity index (χ2v) is 12.5. The van der Waals surface area contributed by atoms with Crippen molar-refractivity contribution < 1.29 is 8.83 Å². The molecule has 0 amide bonds. The molecule has 230 valence electrons. The van der Waals surface area contributed by atoms with Crippen LogP contribution in [0.3, 0.4) is 0 Å². The van der Waals surface area contributed by atoms with Gasteiger partial charge in [0.15, 0.2) is 5.58 Å². The van der Waals surface area contributed by atoms with Crippen LogP contribution in [-0.2, 0) is 0 Å². The fourth-order valence-corrected chi connectivity index (χ4v) is 7.33. The molecule has 49 heavy (non-hydrogen) atoms. The van der Waals surface area contributed by atoms with E-state index in [1.165, 1.54) is 10.8 Å². The van der Waals surface area contributed by atoms with Crippen LogP contribution in [0.25, 0.3) is 76.9 Å². The lowest BCUT2D eigenvalue weighted by Crippen LogP contribution is -2.10. The number of furan rings is 2. The van der Waals surface area contributed by atoms with Crippen molar-refractivity contribution >= 4 is 71.7 Å². The Morgan fingerprint density at radius 2 is 0.918 bits per heavy atom. The minimum absolute atomic E-state index is 0.852. The molecule has 3 heteroatoms. The van der Waals surface area contributed by atoms with Crippen molar-refractivity contribution in [1.82, 2.24) is 0 Å². The molecule has 0 N–H and O–H groups in total. The van der Waals surface area contributed by atoms with Gasteiger partial charge in [-0.1, -0.05) is 140 Å². The molecule has 0 spiro atoms. The second-order valence-electron chi connectivity index (χ2n) is 12.5. The van der Waals surface area contributed by atoms with E-state index in [1.54, 1.807) is 0 Å². The van der Waals surface area contributed by atoms with Gasteiger partial charge >= 0.3 is 0 Å². The van der Waals surface area contributed by atoms with Crippen molar-refractivity contribution in [3.8, 4) is 22.3 Å². The molecule has 0 aliphatic heterocycles. The molecule has 2 aromatic heterocycles. The van der Waals surface area contributed by atoms with Gasteiger partial charge in [-0.25, -0.2) is 0 Å². The molecule has 0 saturated carbocycles. The largest absolute Gasteiger partial charge is 0.455 e. The van der Waals surface area contributed by atoms with E-state index in [9.17, 15) is 0 Å². The summed E-state index contributed by atoms with van der Waals surface area (Å²) in [5, 5.41) is 6.83. The molecule has 0 bridgehead atoms. The lowest BCUT2D eigenvalue weighted by atomic mass is 10.0. The van der Waals surface area contributed by atoms with Crippen molar-refractivity contribution in [2.75, 3.05) is 4.90 Å². The molecule has 0 fully saturated rings. The lowest BCUT2D eigenvalue weighted by Gasteiger charge is -2.26. The first-order valence-corrected chi connectivity index (χ1v) is 16.6. The maximum absolute atomic E-state index is 6.90. The van der Waals surface area contributed by atoms with Gasteiger partial charge in [0, 0.05) is 44.0 Å². The Morgan fingerprint density at radius 3 is 1.71 bits per heavy atom. The maximum atomic E-state index is 6.90. The zero-order valence-corrected chi connectivity index (χ0v) is 26.5. The molecule has 0 unspecified atom stereocenters. The van der Waals surface area contributed by atoms with Crippen LogP contribution in [0.1, 0.15) is 0 Å². The Bertz CT molecular complexity index is 2830. The van der Waals surface area contributed by atoms with E-state index in [2.05, 4.69) is 163 Å². The van der Waals surface area contributed by atoms with Crippen LogP contribution in [0.15, 0.2) is 185 Å². The van der Waals surface area contributed by atoms with E-state index in [1.807, 2.05) is 18.2 Å². The van der Waals surface area contributed by atoms with Crippen molar-refractivity contribution in [2.24, 2.45) is 0 Å². The number of fused-ring (bicyclic) bond motifs is 7. The van der Waals surface area contributed by atoms with Gasteiger partial charge in [-0.05, 0) is 58.3 Å². The highest BCUT2D eigenvalue weighted by Gasteiger charge is 2.21. The fraction of sp³-hybridized carbons (Fsp3) is 0. The second kappa shape index (κ2) is 11.0. The average molecular weight is 628 g/mol. The summed E-state index contributed by atoms with van der Waals surface area (Å²) in [6, 6.07) is 61.9. The molecule has 8 aromatic carbocycles. The van der Waals surface area contributed by atoms with E-state index in [0.717, 1.165) is 83.2 Å². The third kappa shape index (κ3) is 4.44. The monoisotopic (exact) mass is 627 g/mol. The molecule has 0 saturated heterocycles. The van der Waals surface area contributed by atoms with E-state index in [4.69, 9.17) is 8.83 Å². The molecule has 0 aliphatic carbocycles. The van der Waals surface area contributed by atoms with Gasteiger partial charge in [-0.15, -0.1) is 0 Å². The van der Waals surface area contributed by atoms with Gasteiger partial charge in [-0.3, -0.25) is 0 Å². The molecule has 3 nitrogen and oxygen atoms in total. The summed E-state index contributed by atoms with van der Waals surface area (Å²) in [4.78, 5) is 2.31. The summed E-state index contributed by atoms with van der Waals surface area (Å²) in [5.74, 6) is 0. The average Bonchev–Trinajstić information content (AvgIpc) is 3.75. The molecular formula is C46H29NO2. The van der Waals surface area contributed by atoms with Gasteiger partial charge in [0.25, 0.3) is 0 Å². The Hall–Kier alpha value is -6.58. The van der Waals surface area contributed by atoms with Crippen LogP contribution in [-0.4, -0.2) is 0 Å². The number of anilines is 3. The van der Waals surface area contributed by atoms with Crippen LogP contribution in [0.2, 0.25) is 0 Å². The van der Waals surface area contributed by atoms with E-state index >= 15 is 0 Å². The summed E-state index contributed by atoms with van der Waals surface area (Å²) in [5.41, 5.74) is 11.0. The third-order valence-corrected chi connectivity index (χ3v) is 9.66. The highest BCUT2D eigenvalue weighted by Crippen LogP contribution is 2.45. The molecule has 10 rings (SSSR count). The van der Waals surface area contributed by atoms with Crippen molar-refractivity contribution in [3.63, 3.8) is 0 Å². The van der Waals surface area contributed by atoms with Crippen LogP contribution >= 0.6 is 0 Å². The molecule has 10 aromatic rings. The standard InChI is InChI=1S/C46H29NO2/c1-2-12-31(13-3-1)36-16-9-19-40-41-20-10-21-42(46(41)49-45(36)40)47(35-28-23-30-11-4-5-14-33(30)29-35)34-26-24-32(25-27-34)37-17-8-18-39-38-15-6-7-22-43(38)48-44(37)39/h1-29H. The third-order valence-electron chi connectivity index (χ3n) is 9.66. The summed E-state index contributed by atoms with van der Waals surface area (Å²) in [7, 11) is 0. The number of hydrogen-bond donors (Lipinski definition) is 0. The van der Waals surface area contributed by atoms with E-state index in [-0.39, 0.29) is 0 Å². The summed E-state index contributed by atoms with van der Waals surface area (Å²) in [6.45, 7) is 0. The van der Waals surface area contributed by atoms with Gasteiger partial charge in [0.2, 0.25) is 0 Å². The van der Waals surface area contributed by atoms with Gasteiger partial charge in [0.05, 0.1) is 5.69 Å². The quantitative estimate of drug-likeness (QED) is 0.190. The molecule has 0 aliphatic rings. The minimum atomic E-state index is 0.852. The van der Waals surface area contributed by atoms with Crippen LogP contribution in [0, 0.1) is 0 Å². The van der Waals surface area contributed by atoms with Gasteiger partial charge < -0.3 is 13.7 Å². The zero-order chi connectivity index (χ0) is 32.3. The van der Waals surface area contributed by atoms with E-state index < -0.39 is 0 Å². The zero-order valence-electron chi connectivity index (χ0n) is 26.5. The number of benzene rings is 8. The van der Waals surface area contributed by atoms with Crippen LogP contribution in [0.4, 0.5) is 17.1 Å².